The summed E-state index contributed by atoms with van der Waals surface area (Å²) in [6.07, 6.45) is -0.574. The predicted octanol–water partition coefficient (Wildman–Crippen LogP) is 2.49. The number of aliphatic hydroxyl groups excluding tert-OH is 1. The number of nitrogens with two attached hydrogens (primary N) is 1. The number of nitrogens with zero attached hydrogens (tertiary/aromatic N) is 2. The SMILES string of the molecule is Cc1cc2c(NCC(O)c3ccsc3)nc(NN)nc2s1. The molecule has 0 saturated carbocycles. The number of fused-ring (bicyclic) bond motifs is 1. The van der Waals surface area contributed by atoms with Crippen LogP contribution in [0.1, 0.15) is 16.5 Å². The van der Waals surface area contributed by atoms with E-state index in [2.05, 4.69) is 20.7 Å². The van der Waals surface area contributed by atoms with Gasteiger partial charge in [0, 0.05) is 11.4 Å². The van der Waals surface area contributed by atoms with Gasteiger partial charge in [-0.1, -0.05) is 0 Å². The summed E-state index contributed by atoms with van der Waals surface area (Å²) >= 11 is 3.14. The third-order valence-corrected chi connectivity index (χ3v) is 4.68. The maximum Gasteiger partial charge on any atom is 0.240 e. The quantitative estimate of drug-likeness (QED) is 0.426. The van der Waals surface area contributed by atoms with Gasteiger partial charge in [-0.2, -0.15) is 16.3 Å². The Morgan fingerprint density at radius 1 is 1.43 bits per heavy atom. The Hall–Kier alpha value is -1.74. The van der Waals surface area contributed by atoms with Crippen molar-refractivity contribution >= 4 is 44.7 Å². The zero-order valence-electron chi connectivity index (χ0n) is 11.3. The van der Waals surface area contributed by atoms with E-state index in [0.29, 0.717) is 18.3 Å². The zero-order chi connectivity index (χ0) is 14.8. The van der Waals surface area contributed by atoms with E-state index in [1.165, 1.54) is 0 Å². The minimum absolute atomic E-state index is 0.358. The van der Waals surface area contributed by atoms with Gasteiger partial charge in [0.1, 0.15) is 10.6 Å². The second kappa shape index (κ2) is 5.94. The number of aromatic nitrogens is 2. The summed E-state index contributed by atoms with van der Waals surface area (Å²) in [5, 5.41) is 18.1. The minimum Gasteiger partial charge on any atom is -0.387 e. The van der Waals surface area contributed by atoms with E-state index in [9.17, 15) is 5.11 Å². The van der Waals surface area contributed by atoms with Crippen molar-refractivity contribution in [3.05, 3.63) is 33.3 Å². The van der Waals surface area contributed by atoms with Crippen molar-refractivity contribution in [3.63, 3.8) is 0 Å². The number of thiophene rings is 2. The van der Waals surface area contributed by atoms with Crippen LogP contribution in [0.5, 0.6) is 0 Å². The molecule has 3 rings (SSSR count). The Labute approximate surface area is 129 Å². The van der Waals surface area contributed by atoms with Gasteiger partial charge in [0.2, 0.25) is 5.95 Å². The van der Waals surface area contributed by atoms with Crippen LogP contribution in [0.3, 0.4) is 0 Å². The first kappa shape index (κ1) is 14.2. The summed E-state index contributed by atoms with van der Waals surface area (Å²) in [6, 6.07) is 3.94. The molecule has 1 unspecified atom stereocenters. The fourth-order valence-electron chi connectivity index (χ4n) is 2.02. The maximum atomic E-state index is 10.1. The number of hydrazine groups is 1. The number of hydrogen-bond donors (Lipinski definition) is 4. The Bertz CT molecular complexity index is 740. The van der Waals surface area contributed by atoms with Gasteiger partial charge in [0.25, 0.3) is 0 Å². The lowest BCUT2D eigenvalue weighted by atomic mass is 10.2. The molecule has 0 radical (unpaired) electrons. The smallest absolute Gasteiger partial charge is 0.240 e. The van der Waals surface area contributed by atoms with E-state index in [-0.39, 0.29) is 0 Å². The lowest BCUT2D eigenvalue weighted by Crippen LogP contribution is -2.15. The van der Waals surface area contributed by atoms with Crippen LogP contribution in [0, 0.1) is 6.92 Å². The Morgan fingerprint density at radius 2 is 2.29 bits per heavy atom. The molecule has 0 bridgehead atoms. The van der Waals surface area contributed by atoms with Gasteiger partial charge in [-0.25, -0.2) is 10.8 Å². The van der Waals surface area contributed by atoms with Gasteiger partial charge in [0.05, 0.1) is 11.5 Å². The fraction of sp³-hybridized carbons (Fsp3) is 0.231. The number of nitrogen functional groups attached to an aromatic ring is 1. The molecular weight excluding hydrogens is 306 g/mol. The fourth-order valence-corrected chi connectivity index (χ4v) is 3.60. The topological polar surface area (TPSA) is 96.1 Å². The van der Waals surface area contributed by atoms with Crippen LogP contribution in [0.15, 0.2) is 22.9 Å². The lowest BCUT2D eigenvalue weighted by Gasteiger charge is -2.12. The normalized spacial score (nSPS) is 12.5. The van der Waals surface area contributed by atoms with E-state index in [1.54, 1.807) is 22.7 Å². The highest BCUT2D eigenvalue weighted by molar-refractivity contribution is 7.18. The largest absolute Gasteiger partial charge is 0.387 e. The number of aryl methyl sites for hydroxylation is 1. The van der Waals surface area contributed by atoms with E-state index >= 15 is 0 Å². The molecule has 5 N–H and O–H groups in total. The van der Waals surface area contributed by atoms with Crippen molar-refractivity contribution in [2.45, 2.75) is 13.0 Å². The van der Waals surface area contributed by atoms with Crippen LogP contribution in [0.4, 0.5) is 11.8 Å². The van der Waals surface area contributed by atoms with Gasteiger partial charge in [-0.3, -0.25) is 5.43 Å². The standard InChI is InChI=1S/C13H15N5OS2/c1-7-4-9-11(16-13(18-14)17-12(9)21-7)15-5-10(19)8-2-3-20-6-8/h2-4,6,10,19H,5,14H2,1H3,(H2,15,16,17,18). The summed E-state index contributed by atoms with van der Waals surface area (Å²) in [7, 11) is 0. The van der Waals surface area contributed by atoms with Crippen molar-refractivity contribution in [2.24, 2.45) is 5.84 Å². The molecule has 0 amide bonds. The van der Waals surface area contributed by atoms with Crippen LogP contribution in [-0.4, -0.2) is 21.6 Å². The second-order valence-electron chi connectivity index (χ2n) is 4.57. The maximum absolute atomic E-state index is 10.1. The molecule has 0 aliphatic rings. The van der Waals surface area contributed by atoms with Crippen LogP contribution in [0.2, 0.25) is 0 Å². The van der Waals surface area contributed by atoms with Gasteiger partial charge >= 0.3 is 0 Å². The average molecular weight is 321 g/mol. The van der Waals surface area contributed by atoms with Crippen LogP contribution < -0.4 is 16.6 Å². The Kier molecular flexibility index (Phi) is 4.02. The van der Waals surface area contributed by atoms with E-state index in [4.69, 9.17) is 5.84 Å². The highest BCUT2D eigenvalue weighted by Crippen LogP contribution is 2.29. The first-order chi connectivity index (χ1) is 10.2. The zero-order valence-corrected chi connectivity index (χ0v) is 13.0. The summed E-state index contributed by atoms with van der Waals surface area (Å²) in [6.45, 7) is 2.40. The summed E-state index contributed by atoms with van der Waals surface area (Å²) in [5.74, 6) is 6.43. The first-order valence-electron chi connectivity index (χ1n) is 6.36. The van der Waals surface area contributed by atoms with Gasteiger partial charge in [-0.15, -0.1) is 11.3 Å². The molecule has 6 nitrogen and oxygen atoms in total. The van der Waals surface area contributed by atoms with Gasteiger partial charge in [-0.05, 0) is 35.4 Å². The number of anilines is 2. The minimum atomic E-state index is -0.574. The molecule has 3 heterocycles. The van der Waals surface area contributed by atoms with Crippen LogP contribution >= 0.6 is 22.7 Å². The first-order valence-corrected chi connectivity index (χ1v) is 8.12. The van der Waals surface area contributed by atoms with Gasteiger partial charge < -0.3 is 10.4 Å². The second-order valence-corrected chi connectivity index (χ2v) is 6.58. The Morgan fingerprint density at radius 3 is 3.00 bits per heavy atom. The molecule has 3 aromatic rings. The van der Waals surface area contributed by atoms with E-state index in [0.717, 1.165) is 20.7 Å². The molecule has 0 aliphatic carbocycles. The van der Waals surface area contributed by atoms with Crippen molar-refractivity contribution in [1.82, 2.24) is 9.97 Å². The van der Waals surface area contributed by atoms with Crippen molar-refractivity contribution in [2.75, 3.05) is 17.3 Å². The molecule has 21 heavy (non-hydrogen) atoms. The number of aliphatic hydroxyl groups is 1. The molecule has 0 spiro atoms. The molecule has 3 aromatic heterocycles. The molecule has 8 heteroatoms. The molecule has 0 fully saturated rings. The molecular formula is C13H15N5OS2. The number of nitrogens with one attached hydrogen (secondary N) is 2. The third kappa shape index (κ3) is 2.98. The summed E-state index contributed by atoms with van der Waals surface area (Å²) in [5.41, 5.74) is 3.37. The highest BCUT2D eigenvalue weighted by atomic mass is 32.1. The number of hydrogen-bond acceptors (Lipinski definition) is 8. The third-order valence-electron chi connectivity index (χ3n) is 3.04. The monoisotopic (exact) mass is 321 g/mol. The highest BCUT2D eigenvalue weighted by Gasteiger charge is 2.13. The van der Waals surface area contributed by atoms with Gasteiger partial charge in [0.15, 0.2) is 0 Å². The predicted molar refractivity (Wildman–Crippen MR) is 87.7 cm³/mol. The lowest BCUT2D eigenvalue weighted by molar-refractivity contribution is 0.192. The molecule has 1 atom stereocenters. The van der Waals surface area contributed by atoms with Crippen molar-refractivity contribution < 1.29 is 5.11 Å². The summed E-state index contributed by atoms with van der Waals surface area (Å²) in [4.78, 5) is 10.7. The Balaban J connectivity index is 1.85. The van der Waals surface area contributed by atoms with Crippen LogP contribution in [0.25, 0.3) is 10.2 Å². The van der Waals surface area contributed by atoms with Crippen LogP contribution in [-0.2, 0) is 0 Å². The van der Waals surface area contributed by atoms with E-state index < -0.39 is 6.10 Å². The number of rotatable bonds is 5. The molecule has 0 saturated heterocycles. The average Bonchev–Trinajstić information content (AvgIpc) is 3.12. The summed E-state index contributed by atoms with van der Waals surface area (Å²) < 4.78 is 0. The molecule has 0 aliphatic heterocycles. The molecule has 0 aromatic carbocycles. The molecule has 110 valence electrons. The van der Waals surface area contributed by atoms with E-state index in [1.807, 2.05) is 29.8 Å². The van der Waals surface area contributed by atoms with Crippen molar-refractivity contribution in [1.29, 1.82) is 0 Å². The van der Waals surface area contributed by atoms with Crippen molar-refractivity contribution in [3.8, 4) is 0 Å².